The van der Waals surface area contributed by atoms with Crippen LogP contribution in [0.25, 0.3) is 33.6 Å². The van der Waals surface area contributed by atoms with Gasteiger partial charge in [0.1, 0.15) is 17.7 Å². The molecule has 4 saturated heterocycles. The maximum Gasteiger partial charge on any atom is 0.407 e. The van der Waals surface area contributed by atoms with Crippen molar-refractivity contribution >= 4 is 17.9 Å². The number of aromatic amines is 2. The van der Waals surface area contributed by atoms with E-state index in [1.165, 1.54) is 7.11 Å². The van der Waals surface area contributed by atoms with E-state index in [2.05, 4.69) is 73.6 Å². The van der Waals surface area contributed by atoms with Gasteiger partial charge in [-0.05, 0) is 74.4 Å². The molecule has 0 aliphatic carbocycles. The molecular formula is C42H52N8O6. The van der Waals surface area contributed by atoms with Crippen molar-refractivity contribution in [2.45, 2.75) is 88.4 Å². The van der Waals surface area contributed by atoms with Crippen LogP contribution in [-0.2, 0) is 23.8 Å². The minimum atomic E-state index is -0.917. The monoisotopic (exact) mass is 764 g/mol. The van der Waals surface area contributed by atoms with Crippen LogP contribution in [0.4, 0.5) is 4.79 Å². The van der Waals surface area contributed by atoms with Gasteiger partial charge >= 0.3 is 6.09 Å². The number of carbonyl (C=O) groups excluding carboxylic acids is 3. The Labute approximate surface area is 327 Å². The number of hydrogen-bond acceptors (Lipinski definition) is 9. The van der Waals surface area contributed by atoms with Crippen LogP contribution in [-0.4, -0.2) is 117 Å². The summed E-state index contributed by atoms with van der Waals surface area (Å²) in [6.07, 6.45) is 8.39. The number of hydrogen-bond donors (Lipinski definition) is 3. The standard InChI is InChI=1S/C42H52N8O6/c1-25(2)36(47-41(53)54-5)40(52)49-24-42(55-19-20-56-42)21-35(49)38-44-23-32(46-38)29-15-11-27(12-16-29)26-9-13-28(14-10-26)31-22-43-37(45-31)33-18-17-30-7-6-8-34(48(3)4)39(51)50(30)33/h9-16,22-23,25,30,33-36H,6-8,17-21,24H2,1-5H3,(H,43,45)(H,44,46)(H,47,53)/t30-,33+,34+,35+,36+/m1/s1. The lowest BCUT2D eigenvalue weighted by atomic mass is 10.0. The molecule has 4 aromatic rings. The molecule has 14 nitrogen and oxygen atoms in total. The van der Waals surface area contributed by atoms with E-state index < -0.39 is 24.0 Å². The van der Waals surface area contributed by atoms with Crippen LogP contribution in [0.3, 0.4) is 0 Å². The molecule has 4 fully saturated rings. The van der Waals surface area contributed by atoms with E-state index >= 15 is 0 Å². The van der Waals surface area contributed by atoms with Gasteiger partial charge in [0.2, 0.25) is 11.8 Å². The Morgan fingerprint density at radius 1 is 0.857 bits per heavy atom. The summed E-state index contributed by atoms with van der Waals surface area (Å²) in [6.45, 7) is 4.89. The van der Waals surface area contributed by atoms with Gasteiger partial charge in [-0.3, -0.25) is 14.5 Å². The number of fused-ring (bicyclic) bond motifs is 1. The molecule has 5 atom stereocenters. The van der Waals surface area contributed by atoms with Crippen molar-refractivity contribution in [3.8, 4) is 33.6 Å². The Kier molecular flexibility index (Phi) is 10.5. The summed E-state index contributed by atoms with van der Waals surface area (Å²) in [4.78, 5) is 62.1. The number of likely N-dealkylation sites (N-methyl/N-ethyl adjacent to an activating group) is 1. The van der Waals surface area contributed by atoms with E-state index in [1.54, 1.807) is 11.1 Å². The van der Waals surface area contributed by atoms with Gasteiger partial charge in [0.15, 0.2) is 5.79 Å². The van der Waals surface area contributed by atoms with E-state index in [0.717, 1.165) is 71.6 Å². The second-order valence-electron chi connectivity index (χ2n) is 16.1. The van der Waals surface area contributed by atoms with Gasteiger partial charge in [0, 0.05) is 12.5 Å². The maximum atomic E-state index is 13.9. The zero-order chi connectivity index (χ0) is 39.1. The molecule has 8 rings (SSSR count). The molecule has 0 bridgehead atoms. The Morgan fingerprint density at radius 2 is 1.43 bits per heavy atom. The van der Waals surface area contributed by atoms with Crippen molar-refractivity contribution < 1.29 is 28.6 Å². The van der Waals surface area contributed by atoms with Crippen LogP contribution in [0.1, 0.15) is 76.1 Å². The number of amides is 3. The molecule has 1 spiro atoms. The van der Waals surface area contributed by atoms with Crippen molar-refractivity contribution in [2.24, 2.45) is 5.92 Å². The summed E-state index contributed by atoms with van der Waals surface area (Å²) >= 11 is 0. The summed E-state index contributed by atoms with van der Waals surface area (Å²) in [5, 5.41) is 2.70. The number of likely N-dealkylation sites (tertiary alicyclic amines) is 1. The molecule has 56 heavy (non-hydrogen) atoms. The molecule has 0 unspecified atom stereocenters. The normalized spacial score (nSPS) is 23.9. The lowest BCUT2D eigenvalue weighted by Gasteiger charge is -2.32. The van der Waals surface area contributed by atoms with Gasteiger partial charge < -0.3 is 39.3 Å². The number of methoxy groups -OCH3 is 1. The van der Waals surface area contributed by atoms with E-state index in [0.29, 0.717) is 25.5 Å². The first kappa shape index (κ1) is 37.9. The number of alkyl carbamates (subject to hydrolysis) is 1. The molecular weight excluding hydrogens is 713 g/mol. The Hall–Kier alpha value is -5.05. The first-order valence-corrected chi connectivity index (χ1v) is 19.8. The van der Waals surface area contributed by atoms with Crippen LogP contribution in [0.5, 0.6) is 0 Å². The summed E-state index contributed by atoms with van der Waals surface area (Å²) in [5.41, 5.74) is 5.89. The van der Waals surface area contributed by atoms with Crippen LogP contribution in [0.15, 0.2) is 60.9 Å². The number of H-pyrrole nitrogens is 2. The molecule has 0 radical (unpaired) electrons. The highest BCUT2D eigenvalue weighted by molar-refractivity contribution is 5.86. The number of rotatable bonds is 9. The van der Waals surface area contributed by atoms with Gasteiger partial charge in [0.05, 0.1) is 68.8 Å². The predicted molar refractivity (Wildman–Crippen MR) is 209 cm³/mol. The maximum absolute atomic E-state index is 13.9. The van der Waals surface area contributed by atoms with Crippen molar-refractivity contribution in [1.29, 1.82) is 0 Å². The average Bonchev–Trinajstić information content (AvgIpc) is 4.05. The van der Waals surface area contributed by atoms with Crippen molar-refractivity contribution in [3.05, 3.63) is 72.6 Å². The number of carbonyl (C=O) groups is 3. The lowest BCUT2D eigenvalue weighted by Crippen LogP contribution is -2.52. The molecule has 3 amide bonds. The number of aromatic nitrogens is 4. The molecule has 0 saturated carbocycles. The third kappa shape index (κ3) is 7.21. The quantitative estimate of drug-likeness (QED) is 0.195. The highest BCUT2D eigenvalue weighted by Crippen LogP contribution is 2.43. The zero-order valence-corrected chi connectivity index (χ0v) is 32.8. The third-order valence-corrected chi connectivity index (χ3v) is 12.0. The van der Waals surface area contributed by atoms with Crippen molar-refractivity contribution in [3.63, 3.8) is 0 Å². The number of ether oxygens (including phenoxy) is 3. The van der Waals surface area contributed by atoms with Crippen LogP contribution < -0.4 is 5.32 Å². The highest BCUT2D eigenvalue weighted by atomic mass is 16.7. The largest absolute Gasteiger partial charge is 0.453 e. The molecule has 4 aliphatic rings. The summed E-state index contributed by atoms with van der Waals surface area (Å²) in [6, 6.07) is 15.6. The Balaban J connectivity index is 0.958. The summed E-state index contributed by atoms with van der Waals surface area (Å²) in [7, 11) is 5.27. The fourth-order valence-electron chi connectivity index (χ4n) is 8.98. The Morgan fingerprint density at radius 3 is 1.98 bits per heavy atom. The number of nitrogens with one attached hydrogen (secondary N) is 3. The minimum Gasteiger partial charge on any atom is -0.453 e. The highest BCUT2D eigenvalue weighted by Gasteiger charge is 2.53. The van der Waals surface area contributed by atoms with E-state index in [4.69, 9.17) is 24.2 Å². The minimum absolute atomic E-state index is 0.0235. The van der Waals surface area contributed by atoms with Crippen LogP contribution in [0, 0.1) is 5.92 Å². The molecule has 6 heterocycles. The molecule has 2 aromatic carbocycles. The predicted octanol–water partition coefficient (Wildman–Crippen LogP) is 5.68. The SMILES string of the molecule is COC(=O)N[C@H](C(=O)N1CC2(C[C@H]1c1ncc(-c3ccc(-c4ccc(-c5cnc([C@@H]6CC[C@H]7CCC[C@H](N(C)C)C(=O)N76)[nH]5)cc4)cc3)[nH]1)OCCO2)C(C)C. The van der Waals surface area contributed by atoms with Crippen LogP contribution in [0.2, 0.25) is 0 Å². The molecule has 4 aliphatic heterocycles. The number of imidazole rings is 2. The second-order valence-corrected chi connectivity index (χ2v) is 16.1. The fraction of sp³-hybridized carbons (Fsp3) is 0.500. The summed E-state index contributed by atoms with van der Waals surface area (Å²) < 4.78 is 16.8. The molecule has 3 N–H and O–H groups in total. The van der Waals surface area contributed by atoms with Gasteiger partial charge in [-0.2, -0.15) is 0 Å². The van der Waals surface area contributed by atoms with Gasteiger partial charge in [-0.25, -0.2) is 14.8 Å². The van der Waals surface area contributed by atoms with Gasteiger partial charge in [0.25, 0.3) is 0 Å². The van der Waals surface area contributed by atoms with Crippen LogP contribution >= 0.6 is 0 Å². The molecule has 296 valence electrons. The second kappa shape index (κ2) is 15.5. The van der Waals surface area contributed by atoms with E-state index in [1.807, 2.05) is 34.1 Å². The third-order valence-electron chi connectivity index (χ3n) is 12.0. The zero-order valence-electron chi connectivity index (χ0n) is 32.8. The number of benzene rings is 2. The molecule has 14 heteroatoms. The summed E-state index contributed by atoms with van der Waals surface area (Å²) in [5.74, 6) is 0.363. The first-order chi connectivity index (χ1) is 27.0. The fourth-order valence-corrected chi connectivity index (χ4v) is 8.98. The first-order valence-electron chi connectivity index (χ1n) is 19.8. The van der Waals surface area contributed by atoms with Gasteiger partial charge in [-0.15, -0.1) is 0 Å². The van der Waals surface area contributed by atoms with Gasteiger partial charge in [-0.1, -0.05) is 62.4 Å². The van der Waals surface area contributed by atoms with E-state index in [-0.39, 0.29) is 42.4 Å². The Bertz CT molecular complexity index is 2040. The van der Waals surface area contributed by atoms with Crippen molar-refractivity contribution in [1.82, 2.24) is 40.0 Å². The topological polar surface area (TPSA) is 158 Å². The smallest absolute Gasteiger partial charge is 0.407 e. The average molecular weight is 765 g/mol. The molecule has 2 aromatic heterocycles. The lowest BCUT2D eigenvalue weighted by molar-refractivity contribution is -0.153. The van der Waals surface area contributed by atoms with E-state index in [9.17, 15) is 14.4 Å². The van der Waals surface area contributed by atoms with Crippen molar-refractivity contribution in [2.75, 3.05) is 41.0 Å². The number of nitrogens with zero attached hydrogens (tertiary/aromatic N) is 5.